The standard InChI is InChI=1S/C16H15BrCl2O/c1-3-20-15-7-5-12(17)9-13(15)16(19)11-4-6-14(18)10(2)8-11/h4-9,16H,3H2,1-2H3. The third-order valence-corrected chi connectivity index (χ3v) is 4.42. The van der Waals surface area contributed by atoms with Gasteiger partial charge in [0.1, 0.15) is 5.75 Å². The molecule has 2 rings (SSSR count). The van der Waals surface area contributed by atoms with Gasteiger partial charge in [-0.25, -0.2) is 0 Å². The third kappa shape index (κ3) is 3.49. The Hall–Kier alpha value is -0.700. The maximum atomic E-state index is 6.62. The summed E-state index contributed by atoms with van der Waals surface area (Å²) in [5, 5.41) is 0.474. The molecule has 2 aromatic carbocycles. The average molecular weight is 374 g/mol. The van der Waals surface area contributed by atoms with Crippen molar-refractivity contribution in [3.63, 3.8) is 0 Å². The molecule has 0 aromatic heterocycles. The van der Waals surface area contributed by atoms with Crippen molar-refractivity contribution in [2.45, 2.75) is 19.2 Å². The van der Waals surface area contributed by atoms with Crippen LogP contribution in [0, 0.1) is 6.92 Å². The number of alkyl halides is 1. The molecule has 0 bridgehead atoms. The number of halogens is 3. The van der Waals surface area contributed by atoms with E-state index >= 15 is 0 Å². The van der Waals surface area contributed by atoms with Gasteiger partial charge in [-0.05, 0) is 49.2 Å². The van der Waals surface area contributed by atoms with Crippen LogP contribution in [0.15, 0.2) is 40.9 Å². The van der Waals surface area contributed by atoms with Gasteiger partial charge in [0, 0.05) is 15.1 Å². The van der Waals surface area contributed by atoms with Crippen LogP contribution in [0.3, 0.4) is 0 Å². The van der Waals surface area contributed by atoms with E-state index in [9.17, 15) is 0 Å². The van der Waals surface area contributed by atoms with Crippen molar-refractivity contribution < 1.29 is 4.74 Å². The summed E-state index contributed by atoms with van der Waals surface area (Å²) in [5.74, 6) is 0.809. The highest BCUT2D eigenvalue weighted by Gasteiger charge is 2.17. The molecule has 0 radical (unpaired) electrons. The normalized spacial score (nSPS) is 12.2. The zero-order chi connectivity index (χ0) is 14.7. The molecule has 0 heterocycles. The molecule has 0 spiro atoms. The fraction of sp³-hybridized carbons (Fsp3) is 0.250. The van der Waals surface area contributed by atoms with Crippen LogP contribution in [-0.2, 0) is 0 Å². The van der Waals surface area contributed by atoms with Gasteiger partial charge in [0.25, 0.3) is 0 Å². The first kappa shape index (κ1) is 15.7. The van der Waals surface area contributed by atoms with E-state index in [-0.39, 0.29) is 5.38 Å². The summed E-state index contributed by atoms with van der Waals surface area (Å²) in [7, 11) is 0. The number of ether oxygens (including phenoxy) is 1. The minimum atomic E-state index is -0.273. The molecule has 1 unspecified atom stereocenters. The molecule has 0 saturated carbocycles. The van der Waals surface area contributed by atoms with Crippen molar-refractivity contribution >= 4 is 39.1 Å². The first-order valence-corrected chi connectivity index (χ1v) is 7.96. The Labute approximate surface area is 138 Å². The molecule has 2 aromatic rings. The van der Waals surface area contributed by atoms with Crippen LogP contribution >= 0.6 is 39.1 Å². The molecule has 20 heavy (non-hydrogen) atoms. The average Bonchev–Trinajstić information content (AvgIpc) is 2.43. The minimum absolute atomic E-state index is 0.273. The van der Waals surface area contributed by atoms with Gasteiger partial charge in [-0.15, -0.1) is 11.6 Å². The van der Waals surface area contributed by atoms with E-state index in [0.29, 0.717) is 6.61 Å². The highest BCUT2D eigenvalue weighted by atomic mass is 79.9. The molecule has 0 saturated heterocycles. The van der Waals surface area contributed by atoms with Gasteiger partial charge < -0.3 is 4.74 Å². The molecule has 0 aliphatic heterocycles. The summed E-state index contributed by atoms with van der Waals surface area (Å²) in [6, 6.07) is 11.7. The summed E-state index contributed by atoms with van der Waals surface area (Å²) in [4.78, 5) is 0. The van der Waals surface area contributed by atoms with Gasteiger partial charge in [0.05, 0.1) is 12.0 Å². The summed E-state index contributed by atoms with van der Waals surface area (Å²) >= 11 is 16.2. The predicted molar refractivity (Wildman–Crippen MR) is 89.2 cm³/mol. The van der Waals surface area contributed by atoms with E-state index < -0.39 is 0 Å². The Morgan fingerprint density at radius 2 is 1.95 bits per heavy atom. The third-order valence-electron chi connectivity index (χ3n) is 3.02. The molecular weight excluding hydrogens is 359 g/mol. The van der Waals surface area contributed by atoms with Crippen LogP contribution in [-0.4, -0.2) is 6.61 Å². The van der Waals surface area contributed by atoms with E-state index in [1.807, 2.05) is 50.2 Å². The lowest BCUT2D eigenvalue weighted by molar-refractivity contribution is 0.337. The van der Waals surface area contributed by atoms with Crippen LogP contribution in [0.1, 0.15) is 29.0 Å². The fourth-order valence-electron chi connectivity index (χ4n) is 2.01. The number of hydrogen-bond donors (Lipinski definition) is 0. The second-order valence-electron chi connectivity index (χ2n) is 4.49. The second kappa shape index (κ2) is 6.84. The number of rotatable bonds is 4. The van der Waals surface area contributed by atoms with Gasteiger partial charge in [-0.1, -0.05) is 39.7 Å². The van der Waals surface area contributed by atoms with Crippen LogP contribution in [0.5, 0.6) is 5.75 Å². The molecular formula is C16H15BrCl2O. The van der Waals surface area contributed by atoms with Crippen molar-refractivity contribution in [3.8, 4) is 5.75 Å². The largest absolute Gasteiger partial charge is 0.494 e. The van der Waals surface area contributed by atoms with Crippen molar-refractivity contribution in [2.24, 2.45) is 0 Å². The van der Waals surface area contributed by atoms with Crippen molar-refractivity contribution in [1.29, 1.82) is 0 Å². The molecule has 1 atom stereocenters. The van der Waals surface area contributed by atoms with Gasteiger partial charge in [0.15, 0.2) is 0 Å². The number of aryl methyl sites for hydroxylation is 1. The quantitative estimate of drug-likeness (QED) is 0.585. The van der Waals surface area contributed by atoms with Crippen molar-refractivity contribution in [1.82, 2.24) is 0 Å². The molecule has 0 fully saturated rings. The fourth-order valence-corrected chi connectivity index (χ4v) is 2.81. The topological polar surface area (TPSA) is 9.23 Å². The first-order chi connectivity index (χ1) is 9.52. The molecule has 0 aliphatic rings. The maximum Gasteiger partial charge on any atom is 0.124 e. The summed E-state index contributed by atoms with van der Waals surface area (Å²) in [6.45, 7) is 4.54. The van der Waals surface area contributed by atoms with E-state index in [2.05, 4.69) is 15.9 Å². The Bertz CT molecular complexity index is 613. The molecule has 0 aliphatic carbocycles. The van der Waals surface area contributed by atoms with Gasteiger partial charge in [0.2, 0.25) is 0 Å². The van der Waals surface area contributed by atoms with Crippen LogP contribution in [0.2, 0.25) is 5.02 Å². The molecule has 1 nitrogen and oxygen atoms in total. The lowest BCUT2D eigenvalue weighted by Crippen LogP contribution is -2.00. The zero-order valence-corrected chi connectivity index (χ0v) is 14.4. The summed E-state index contributed by atoms with van der Waals surface area (Å²) in [5.41, 5.74) is 2.97. The van der Waals surface area contributed by atoms with E-state index in [4.69, 9.17) is 27.9 Å². The lowest BCUT2D eigenvalue weighted by Gasteiger charge is -2.16. The van der Waals surface area contributed by atoms with Crippen LogP contribution in [0.25, 0.3) is 0 Å². The highest BCUT2D eigenvalue weighted by molar-refractivity contribution is 9.10. The Balaban J connectivity index is 2.43. The van der Waals surface area contributed by atoms with Crippen LogP contribution < -0.4 is 4.74 Å². The van der Waals surface area contributed by atoms with Crippen molar-refractivity contribution in [2.75, 3.05) is 6.61 Å². The van der Waals surface area contributed by atoms with Crippen molar-refractivity contribution in [3.05, 3.63) is 62.6 Å². The Kier molecular flexibility index (Phi) is 5.36. The maximum absolute atomic E-state index is 6.62. The van der Waals surface area contributed by atoms with E-state index in [1.165, 1.54) is 0 Å². The first-order valence-electron chi connectivity index (χ1n) is 6.35. The van der Waals surface area contributed by atoms with Crippen LogP contribution in [0.4, 0.5) is 0 Å². The number of hydrogen-bond acceptors (Lipinski definition) is 1. The monoisotopic (exact) mass is 372 g/mol. The molecule has 106 valence electrons. The summed E-state index contributed by atoms with van der Waals surface area (Å²) in [6.07, 6.45) is 0. The Morgan fingerprint density at radius 1 is 1.20 bits per heavy atom. The zero-order valence-electron chi connectivity index (χ0n) is 11.3. The SMILES string of the molecule is CCOc1ccc(Br)cc1C(Cl)c1ccc(Cl)c(C)c1. The highest BCUT2D eigenvalue weighted by Crippen LogP contribution is 2.37. The van der Waals surface area contributed by atoms with Gasteiger partial charge in [-0.2, -0.15) is 0 Å². The lowest BCUT2D eigenvalue weighted by atomic mass is 10.0. The van der Waals surface area contributed by atoms with Gasteiger partial charge >= 0.3 is 0 Å². The molecule has 0 N–H and O–H groups in total. The summed E-state index contributed by atoms with van der Waals surface area (Å²) < 4.78 is 6.64. The molecule has 4 heteroatoms. The second-order valence-corrected chi connectivity index (χ2v) is 6.25. The smallest absolute Gasteiger partial charge is 0.124 e. The minimum Gasteiger partial charge on any atom is -0.494 e. The molecule has 0 amide bonds. The van der Waals surface area contributed by atoms with Gasteiger partial charge in [-0.3, -0.25) is 0 Å². The Morgan fingerprint density at radius 3 is 2.60 bits per heavy atom. The predicted octanol–water partition coefficient (Wildman–Crippen LogP) is 6.14. The van der Waals surface area contributed by atoms with E-state index in [1.54, 1.807) is 0 Å². The number of benzene rings is 2. The van der Waals surface area contributed by atoms with E-state index in [0.717, 1.165) is 31.9 Å².